The van der Waals surface area contributed by atoms with E-state index in [-0.39, 0.29) is 11.6 Å². The third-order valence-corrected chi connectivity index (χ3v) is 3.81. The standard InChI is InChI=1S/C14H17F3N2O2/c1-8-2-4-9(5-3-8)18-12(20)10-6-7-11(14(15,16)17)19-13(10)21/h6-9H,2-5H2,1H3,(H,18,20)(H,19,21). The Labute approximate surface area is 119 Å². The van der Waals surface area contributed by atoms with Crippen molar-refractivity contribution in [2.45, 2.75) is 44.8 Å². The molecule has 1 aliphatic carbocycles. The van der Waals surface area contributed by atoms with E-state index in [0.29, 0.717) is 12.0 Å². The summed E-state index contributed by atoms with van der Waals surface area (Å²) in [7, 11) is 0. The summed E-state index contributed by atoms with van der Waals surface area (Å²) >= 11 is 0. The largest absolute Gasteiger partial charge is 0.431 e. The number of carbonyl (C=O) groups excluding carboxylic acids is 1. The van der Waals surface area contributed by atoms with Crippen LogP contribution in [-0.4, -0.2) is 16.9 Å². The van der Waals surface area contributed by atoms with Gasteiger partial charge in [0, 0.05) is 6.04 Å². The number of aromatic nitrogens is 1. The first kappa shape index (κ1) is 15.6. The van der Waals surface area contributed by atoms with Gasteiger partial charge in [-0.15, -0.1) is 0 Å². The van der Waals surface area contributed by atoms with Crippen molar-refractivity contribution in [2.75, 3.05) is 0 Å². The second-order valence-electron chi connectivity index (χ2n) is 5.54. The van der Waals surface area contributed by atoms with E-state index in [0.717, 1.165) is 31.7 Å². The molecule has 0 unspecified atom stereocenters. The lowest BCUT2D eigenvalue weighted by Gasteiger charge is -2.26. The molecule has 1 aromatic rings. The normalized spacial score (nSPS) is 22.9. The van der Waals surface area contributed by atoms with Crippen LogP contribution < -0.4 is 10.9 Å². The van der Waals surface area contributed by atoms with Gasteiger partial charge in [0.2, 0.25) is 0 Å². The quantitative estimate of drug-likeness (QED) is 0.882. The van der Waals surface area contributed by atoms with Crippen molar-refractivity contribution >= 4 is 5.91 Å². The summed E-state index contributed by atoms with van der Waals surface area (Å²) in [5.41, 5.74) is -2.47. The van der Waals surface area contributed by atoms with Crippen LogP contribution in [0, 0.1) is 5.92 Å². The molecule has 1 heterocycles. The highest BCUT2D eigenvalue weighted by atomic mass is 19.4. The molecule has 1 amide bonds. The molecule has 0 radical (unpaired) electrons. The van der Waals surface area contributed by atoms with Gasteiger partial charge in [-0.05, 0) is 43.7 Å². The minimum absolute atomic E-state index is 0.0182. The van der Waals surface area contributed by atoms with Gasteiger partial charge in [0.15, 0.2) is 0 Å². The number of carbonyl (C=O) groups is 1. The van der Waals surface area contributed by atoms with Crippen molar-refractivity contribution in [2.24, 2.45) is 5.92 Å². The number of alkyl halides is 3. The van der Waals surface area contributed by atoms with Crippen LogP contribution in [-0.2, 0) is 6.18 Å². The van der Waals surface area contributed by atoms with Crippen LogP contribution in [0.5, 0.6) is 0 Å². The van der Waals surface area contributed by atoms with Crippen molar-refractivity contribution < 1.29 is 18.0 Å². The van der Waals surface area contributed by atoms with Crippen LogP contribution >= 0.6 is 0 Å². The maximum Gasteiger partial charge on any atom is 0.431 e. The van der Waals surface area contributed by atoms with Crippen molar-refractivity contribution in [1.82, 2.24) is 10.3 Å². The van der Waals surface area contributed by atoms with Crippen molar-refractivity contribution in [3.05, 3.63) is 33.7 Å². The number of rotatable bonds is 2. The first-order chi connectivity index (χ1) is 9.77. The first-order valence-electron chi connectivity index (χ1n) is 6.88. The van der Waals surface area contributed by atoms with Crippen LogP contribution in [0.3, 0.4) is 0 Å². The summed E-state index contributed by atoms with van der Waals surface area (Å²) in [6, 6.07) is 1.61. The minimum atomic E-state index is -4.63. The Morgan fingerprint density at radius 1 is 1.24 bits per heavy atom. The highest BCUT2D eigenvalue weighted by Gasteiger charge is 2.32. The molecule has 1 saturated carbocycles. The lowest BCUT2D eigenvalue weighted by molar-refractivity contribution is -0.141. The zero-order valence-corrected chi connectivity index (χ0v) is 11.6. The Kier molecular flexibility index (Phi) is 4.39. The van der Waals surface area contributed by atoms with Crippen molar-refractivity contribution in [3.8, 4) is 0 Å². The maximum atomic E-state index is 12.4. The van der Waals surface area contributed by atoms with Crippen LogP contribution in [0.4, 0.5) is 13.2 Å². The van der Waals surface area contributed by atoms with Gasteiger partial charge in [0.05, 0.1) is 0 Å². The van der Waals surface area contributed by atoms with Crippen LogP contribution in [0.2, 0.25) is 0 Å². The van der Waals surface area contributed by atoms with E-state index in [1.165, 1.54) is 0 Å². The number of hydrogen-bond donors (Lipinski definition) is 2. The second kappa shape index (κ2) is 5.91. The van der Waals surface area contributed by atoms with Gasteiger partial charge in [-0.3, -0.25) is 9.59 Å². The second-order valence-corrected chi connectivity index (χ2v) is 5.54. The summed E-state index contributed by atoms with van der Waals surface area (Å²) < 4.78 is 37.3. The number of halogens is 3. The SMILES string of the molecule is CC1CCC(NC(=O)c2ccc(C(F)(F)F)[nH]c2=O)CC1. The predicted octanol–water partition coefficient (Wildman–Crippen LogP) is 2.70. The molecule has 1 aromatic heterocycles. The van der Waals surface area contributed by atoms with Crippen molar-refractivity contribution in [3.63, 3.8) is 0 Å². The fraction of sp³-hybridized carbons (Fsp3) is 0.571. The third-order valence-electron chi connectivity index (χ3n) is 3.81. The Morgan fingerprint density at radius 3 is 2.38 bits per heavy atom. The molecule has 7 heteroatoms. The van der Waals surface area contributed by atoms with Gasteiger partial charge in [-0.2, -0.15) is 13.2 Å². The summed E-state index contributed by atoms with van der Waals surface area (Å²) in [6.45, 7) is 2.14. The molecule has 116 valence electrons. The van der Waals surface area contributed by atoms with E-state index < -0.39 is 23.3 Å². The first-order valence-corrected chi connectivity index (χ1v) is 6.88. The van der Waals surface area contributed by atoms with Gasteiger partial charge in [0.1, 0.15) is 11.3 Å². The van der Waals surface area contributed by atoms with E-state index in [1.807, 2.05) is 0 Å². The Bertz CT molecular complexity index is 572. The van der Waals surface area contributed by atoms with Gasteiger partial charge >= 0.3 is 6.18 Å². The van der Waals surface area contributed by atoms with Gasteiger partial charge in [-0.25, -0.2) is 0 Å². The van der Waals surface area contributed by atoms with Crippen molar-refractivity contribution in [1.29, 1.82) is 0 Å². The zero-order chi connectivity index (χ0) is 15.6. The highest BCUT2D eigenvalue weighted by molar-refractivity contribution is 5.94. The third kappa shape index (κ3) is 3.86. The van der Waals surface area contributed by atoms with Crippen LogP contribution in [0.25, 0.3) is 0 Å². The van der Waals surface area contributed by atoms with Crippen LogP contribution in [0.1, 0.15) is 48.7 Å². The van der Waals surface area contributed by atoms with E-state index in [1.54, 1.807) is 4.98 Å². The molecule has 2 rings (SSSR count). The maximum absolute atomic E-state index is 12.4. The molecule has 0 aromatic carbocycles. The number of H-pyrrole nitrogens is 1. The molecule has 1 aliphatic rings. The van der Waals surface area contributed by atoms with Crippen LogP contribution in [0.15, 0.2) is 16.9 Å². The van der Waals surface area contributed by atoms with E-state index in [2.05, 4.69) is 12.2 Å². The molecule has 0 atom stereocenters. The number of nitrogens with one attached hydrogen (secondary N) is 2. The Morgan fingerprint density at radius 2 is 1.86 bits per heavy atom. The zero-order valence-electron chi connectivity index (χ0n) is 11.6. The summed E-state index contributed by atoms with van der Waals surface area (Å²) in [4.78, 5) is 25.3. The molecule has 0 spiro atoms. The summed E-state index contributed by atoms with van der Waals surface area (Å²) in [5, 5.41) is 2.71. The number of hydrogen-bond acceptors (Lipinski definition) is 2. The van der Waals surface area contributed by atoms with Gasteiger partial charge in [-0.1, -0.05) is 6.92 Å². The monoisotopic (exact) mass is 302 g/mol. The Hall–Kier alpha value is -1.79. The summed E-state index contributed by atoms with van der Waals surface area (Å²) in [6.07, 6.45) is -0.993. The lowest BCUT2D eigenvalue weighted by atomic mass is 9.87. The smallest absolute Gasteiger partial charge is 0.349 e. The molecule has 1 fully saturated rings. The number of amides is 1. The fourth-order valence-electron chi connectivity index (χ4n) is 2.49. The summed E-state index contributed by atoms with van der Waals surface area (Å²) in [5.74, 6) is -0.00264. The fourth-order valence-corrected chi connectivity index (χ4v) is 2.49. The van der Waals surface area contributed by atoms with Gasteiger partial charge < -0.3 is 10.3 Å². The molecule has 0 saturated heterocycles. The van der Waals surface area contributed by atoms with Gasteiger partial charge in [0.25, 0.3) is 11.5 Å². The minimum Gasteiger partial charge on any atom is -0.349 e. The topological polar surface area (TPSA) is 62.0 Å². The predicted molar refractivity (Wildman–Crippen MR) is 71.0 cm³/mol. The lowest BCUT2D eigenvalue weighted by Crippen LogP contribution is -2.39. The van der Waals surface area contributed by atoms with E-state index >= 15 is 0 Å². The molecule has 21 heavy (non-hydrogen) atoms. The molecule has 2 N–H and O–H groups in total. The molecule has 0 aliphatic heterocycles. The number of pyridine rings is 1. The molecule has 4 nitrogen and oxygen atoms in total. The number of aromatic amines is 1. The highest BCUT2D eigenvalue weighted by Crippen LogP contribution is 2.26. The molecular formula is C14H17F3N2O2. The average Bonchev–Trinajstić information content (AvgIpc) is 2.40. The van der Waals surface area contributed by atoms with E-state index in [9.17, 15) is 22.8 Å². The molecule has 0 bridgehead atoms. The molecular weight excluding hydrogens is 285 g/mol. The van der Waals surface area contributed by atoms with E-state index in [4.69, 9.17) is 0 Å². The Balaban J connectivity index is 2.08. The average molecular weight is 302 g/mol.